The summed E-state index contributed by atoms with van der Waals surface area (Å²) in [5.41, 5.74) is 1.75. The highest BCUT2D eigenvalue weighted by Gasteiger charge is 2.24. The topological polar surface area (TPSA) is 3.24 Å². The molecule has 1 unspecified atom stereocenters. The van der Waals surface area contributed by atoms with Crippen molar-refractivity contribution in [3.63, 3.8) is 0 Å². The minimum absolute atomic E-state index is 0.338. The number of thiophene rings is 1. The van der Waals surface area contributed by atoms with Gasteiger partial charge in [0.25, 0.3) is 0 Å². The van der Waals surface area contributed by atoms with E-state index < -0.39 is 0 Å². The van der Waals surface area contributed by atoms with Crippen molar-refractivity contribution in [3.8, 4) is 0 Å². The molecule has 1 aromatic heterocycles. The van der Waals surface area contributed by atoms with Crippen LogP contribution in [0.2, 0.25) is 0 Å². The van der Waals surface area contributed by atoms with E-state index in [0.29, 0.717) is 11.3 Å². The molecular weight excluding hydrogens is 234 g/mol. The maximum absolute atomic E-state index is 4.47. The monoisotopic (exact) mass is 257 g/mol. The van der Waals surface area contributed by atoms with E-state index in [1.165, 1.54) is 5.56 Å². The predicted molar refractivity (Wildman–Crippen MR) is 77.5 cm³/mol. The number of thiol groups is 1. The SMILES string of the molecule is CN(Cc1ccsc1)CC(CS)C(C)(C)C. The predicted octanol–water partition coefficient (Wildman–Crippen LogP) is 3.77. The third-order valence-corrected chi connectivity index (χ3v) is 4.18. The maximum Gasteiger partial charge on any atom is 0.0239 e. The Morgan fingerprint density at radius 3 is 2.56 bits per heavy atom. The first-order valence-corrected chi connectivity index (χ1v) is 7.31. The van der Waals surface area contributed by atoms with Crippen molar-refractivity contribution < 1.29 is 0 Å². The van der Waals surface area contributed by atoms with E-state index in [0.717, 1.165) is 18.8 Å². The second-order valence-corrected chi connectivity index (χ2v) is 6.72. The Bertz CT molecular complexity index is 287. The van der Waals surface area contributed by atoms with Crippen LogP contribution in [0.5, 0.6) is 0 Å². The van der Waals surface area contributed by atoms with Gasteiger partial charge in [0.2, 0.25) is 0 Å². The van der Waals surface area contributed by atoms with Gasteiger partial charge in [-0.05, 0) is 46.5 Å². The van der Waals surface area contributed by atoms with Gasteiger partial charge in [0, 0.05) is 13.1 Å². The van der Waals surface area contributed by atoms with Crippen LogP contribution in [0.4, 0.5) is 0 Å². The summed E-state index contributed by atoms with van der Waals surface area (Å²) in [6.45, 7) is 9.05. The molecule has 0 bridgehead atoms. The molecule has 0 fully saturated rings. The lowest BCUT2D eigenvalue weighted by Gasteiger charge is -2.33. The zero-order valence-electron chi connectivity index (χ0n) is 10.7. The number of hydrogen-bond acceptors (Lipinski definition) is 3. The van der Waals surface area contributed by atoms with E-state index >= 15 is 0 Å². The van der Waals surface area contributed by atoms with Crippen molar-refractivity contribution in [1.82, 2.24) is 4.90 Å². The Hall–Kier alpha value is 0.01000. The summed E-state index contributed by atoms with van der Waals surface area (Å²) < 4.78 is 0. The second-order valence-electron chi connectivity index (χ2n) is 5.57. The van der Waals surface area contributed by atoms with Gasteiger partial charge >= 0.3 is 0 Å². The van der Waals surface area contributed by atoms with Crippen molar-refractivity contribution in [1.29, 1.82) is 0 Å². The van der Waals surface area contributed by atoms with Crippen LogP contribution in [0.15, 0.2) is 16.8 Å². The first-order chi connectivity index (χ1) is 7.43. The van der Waals surface area contributed by atoms with Crippen molar-refractivity contribution in [2.24, 2.45) is 11.3 Å². The first kappa shape index (κ1) is 14.1. The normalized spacial score (nSPS) is 14.4. The van der Waals surface area contributed by atoms with Gasteiger partial charge in [-0.2, -0.15) is 24.0 Å². The molecule has 1 heterocycles. The quantitative estimate of drug-likeness (QED) is 0.786. The molecule has 0 N–H and O–H groups in total. The largest absolute Gasteiger partial charge is 0.302 e. The van der Waals surface area contributed by atoms with E-state index in [1.807, 2.05) is 0 Å². The second kappa shape index (κ2) is 6.08. The molecule has 0 saturated carbocycles. The molecule has 0 radical (unpaired) electrons. The number of hydrogen-bond donors (Lipinski definition) is 1. The summed E-state index contributed by atoms with van der Waals surface area (Å²) in [5.74, 6) is 1.59. The Morgan fingerprint density at radius 2 is 2.12 bits per heavy atom. The zero-order valence-corrected chi connectivity index (χ0v) is 12.4. The van der Waals surface area contributed by atoms with Crippen LogP contribution in [-0.4, -0.2) is 24.2 Å². The van der Waals surface area contributed by atoms with Crippen molar-refractivity contribution in [2.75, 3.05) is 19.3 Å². The van der Waals surface area contributed by atoms with Crippen molar-refractivity contribution in [3.05, 3.63) is 22.4 Å². The number of rotatable bonds is 5. The lowest BCUT2D eigenvalue weighted by atomic mass is 9.81. The third kappa shape index (κ3) is 4.48. The van der Waals surface area contributed by atoms with Gasteiger partial charge in [0.15, 0.2) is 0 Å². The minimum atomic E-state index is 0.338. The minimum Gasteiger partial charge on any atom is -0.302 e. The standard InChI is InChI=1S/C13H23NS2/c1-13(2,3)12(9-15)8-14(4)7-11-5-6-16-10-11/h5-6,10,12,15H,7-9H2,1-4H3. The lowest BCUT2D eigenvalue weighted by molar-refractivity contribution is 0.183. The molecule has 0 aliphatic rings. The average Bonchev–Trinajstić information content (AvgIpc) is 2.64. The number of nitrogens with zero attached hydrogens (tertiary/aromatic N) is 1. The van der Waals surface area contributed by atoms with Gasteiger partial charge in [-0.15, -0.1) is 0 Å². The van der Waals surface area contributed by atoms with Gasteiger partial charge in [-0.25, -0.2) is 0 Å². The fraction of sp³-hybridized carbons (Fsp3) is 0.692. The molecule has 1 atom stereocenters. The fourth-order valence-electron chi connectivity index (χ4n) is 1.74. The van der Waals surface area contributed by atoms with Crippen LogP contribution >= 0.6 is 24.0 Å². The molecule has 92 valence electrons. The molecule has 0 aliphatic carbocycles. The Labute approximate surface area is 109 Å². The van der Waals surface area contributed by atoms with E-state index in [-0.39, 0.29) is 0 Å². The molecular formula is C13H23NS2. The van der Waals surface area contributed by atoms with E-state index in [9.17, 15) is 0 Å². The fourth-order valence-corrected chi connectivity index (χ4v) is 3.06. The molecule has 0 spiro atoms. The molecule has 0 amide bonds. The van der Waals surface area contributed by atoms with Crippen LogP contribution in [0.25, 0.3) is 0 Å². The summed E-state index contributed by atoms with van der Waals surface area (Å²) in [4.78, 5) is 2.40. The van der Waals surface area contributed by atoms with Crippen LogP contribution < -0.4 is 0 Å². The highest BCUT2D eigenvalue weighted by molar-refractivity contribution is 7.80. The average molecular weight is 257 g/mol. The van der Waals surface area contributed by atoms with Crippen molar-refractivity contribution >= 4 is 24.0 Å². The summed E-state index contributed by atoms with van der Waals surface area (Å²) in [6, 6.07) is 2.20. The first-order valence-electron chi connectivity index (χ1n) is 5.74. The van der Waals surface area contributed by atoms with Crippen LogP contribution in [-0.2, 0) is 6.54 Å². The lowest BCUT2D eigenvalue weighted by Crippen LogP contribution is -2.34. The summed E-state index contributed by atoms with van der Waals surface area (Å²) in [5, 5.41) is 4.37. The molecule has 1 rings (SSSR count). The molecule has 1 aromatic rings. The Kier molecular flexibility index (Phi) is 5.35. The third-order valence-electron chi connectivity index (χ3n) is 3.01. The van der Waals surface area contributed by atoms with Gasteiger partial charge in [-0.3, -0.25) is 0 Å². The van der Waals surface area contributed by atoms with Crippen molar-refractivity contribution in [2.45, 2.75) is 27.3 Å². The van der Waals surface area contributed by atoms with E-state index in [2.05, 4.69) is 62.2 Å². The molecule has 1 nitrogen and oxygen atoms in total. The van der Waals surface area contributed by atoms with E-state index in [1.54, 1.807) is 11.3 Å². The Morgan fingerprint density at radius 1 is 1.44 bits per heavy atom. The molecule has 0 aromatic carbocycles. The summed E-state index contributed by atoms with van der Waals surface area (Å²) in [6.07, 6.45) is 0. The highest BCUT2D eigenvalue weighted by atomic mass is 32.1. The molecule has 0 saturated heterocycles. The zero-order chi connectivity index (χ0) is 12.2. The highest BCUT2D eigenvalue weighted by Crippen LogP contribution is 2.27. The van der Waals surface area contributed by atoms with Crippen LogP contribution in [0, 0.1) is 11.3 Å². The van der Waals surface area contributed by atoms with Gasteiger partial charge in [0.05, 0.1) is 0 Å². The van der Waals surface area contributed by atoms with Crippen LogP contribution in [0.1, 0.15) is 26.3 Å². The Balaban J connectivity index is 2.46. The molecule has 0 aliphatic heterocycles. The maximum atomic E-state index is 4.47. The summed E-state index contributed by atoms with van der Waals surface area (Å²) >= 11 is 6.24. The van der Waals surface area contributed by atoms with E-state index in [4.69, 9.17) is 0 Å². The molecule has 3 heteroatoms. The summed E-state index contributed by atoms with van der Waals surface area (Å²) in [7, 11) is 2.19. The van der Waals surface area contributed by atoms with Gasteiger partial charge in [-0.1, -0.05) is 20.8 Å². The van der Waals surface area contributed by atoms with Gasteiger partial charge < -0.3 is 4.90 Å². The smallest absolute Gasteiger partial charge is 0.0239 e. The van der Waals surface area contributed by atoms with Crippen LogP contribution in [0.3, 0.4) is 0 Å². The molecule has 16 heavy (non-hydrogen) atoms. The van der Waals surface area contributed by atoms with Gasteiger partial charge in [0.1, 0.15) is 0 Å².